The summed E-state index contributed by atoms with van der Waals surface area (Å²) in [6.45, 7) is 1.75. The van der Waals surface area contributed by atoms with Gasteiger partial charge in [-0.15, -0.1) is 0 Å². The van der Waals surface area contributed by atoms with Gasteiger partial charge in [-0.3, -0.25) is 14.4 Å². The molecular weight excluding hydrogens is 438 g/mol. The second kappa shape index (κ2) is 11.3. The highest BCUT2D eigenvalue weighted by Crippen LogP contribution is 2.31. The number of carboxylic acid groups (broad SMARTS) is 1. The van der Waals surface area contributed by atoms with Gasteiger partial charge >= 0.3 is 5.97 Å². The lowest BCUT2D eigenvalue weighted by Crippen LogP contribution is -2.36. The number of hydrogen-bond donors (Lipinski definition) is 3. The van der Waals surface area contributed by atoms with E-state index in [2.05, 4.69) is 15.8 Å². The molecule has 1 aliphatic carbocycles. The topological polar surface area (TPSA) is 126 Å². The molecule has 9 heteroatoms. The lowest BCUT2D eigenvalue weighted by molar-refractivity contribution is -0.147. The number of hydrazone groups is 1. The zero-order valence-electron chi connectivity index (χ0n) is 19.5. The van der Waals surface area contributed by atoms with Crippen LogP contribution in [0, 0.1) is 11.8 Å². The lowest BCUT2D eigenvalue weighted by atomic mass is 9.78. The van der Waals surface area contributed by atoms with Gasteiger partial charge in [0.25, 0.3) is 5.91 Å². The Labute approximate surface area is 198 Å². The molecule has 3 N–H and O–H groups in total. The maximum Gasteiger partial charge on any atom is 0.307 e. The third-order valence-corrected chi connectivity index (χ3v) is 5.97. The molecule has 0 spiro atoms. The van der Waals surface area contributed by atoms with Crippen LogP contribution in [0.3, 0.4) is 0 Å². The molecule has 2 atom stereocenters. The summed E-state index contributed by atoms with van der Waals surface area (Å²) in [7, 11) is 2.99. The van der Waals surface area contributed by atoms with Crippen LogP contribution in [0.2, 0.25) is 0 Å². The summed E-state index contributed by atoms with van der Waals surface area (Å²) in [5.74, 6) is -1.89. The fraction of sp³-hybridized carbons (Fsp3) is 0.360. The summed E-state index contributed by atoms with van der Waals surface area (Å²) in [6.07, 6.45) is 2.78. The van der Waals surface area contributed by atoms with E-state index in [0.29, 0.717) is 41.3 Å². The Morgan fingerprint density at radius 1 is 0.971 bits per heavy atom. The minimum atomic E-state index is -0.921. The van der Waals surface area contributed by atoms with Gasteiger partial charge in [0.15, 0.2) is 0 Å². The third-order valence-electron chi connectivity index (χ3n) is 5.97. The molecule has 1 saturated carbocycles. The van der Waals surface area contributed by atoms with Crippen LogP contribution < -0.4 is 20.2 Å². The minimum absolute atomic E-state index is 0.273. The number of aliphatic carboxylic acids is 1. The number of nitrogens with one attached hydrogen (secondary N) is 2. The van der Waals surface area contributed by atoms with Crippen LogP contribution >= 0.6 is 0 Å². The smallest absolute Gasteiger partial charge is 0.307 e. The predicted octanol–water partition coefficient (Wildman–Crippen LogP) is 3.69. The summed E-state index contributed by atoms with van der Waals surface area (Å²) >= 11 is 0. The van der Waals surface area contributed by atoms with Crippen LogP contribution in [-0.2, 0) is 9.59 Å². The van der Waals surface area contributed by atoms with E-state index in [4.69, 9.17) is 9.47 Å². The number of anilines is 1. The van der Waals surface area contributed by atoms with Crippen molar-refractivity contribution in [2.24, 2.45) is 16.9 Å². The molecule has 2 aromatic rings. The van der Waals surface area contributed by atoms with E-state index >= 15 is 0 Å². The maximum absolute atomic E-state index is 12.6. The highest BCUT2D eigenvalue weighted by molar-refractivity contribution is 6.02. The first kappa shape index (κ1) is 24.8. The molecule has 1 fully saturated rings. The first-order chi connectivity index (χ1) is 16.3. The SMILES string of the molecule is COc1ccc(OC)c(C(=O)N/N=C(/C)c2ccc(NC(=O)[C@@H]3CCCC[C@@H]3C(=O)O)cc2)c1. The average molecular weight is 468 g/mol. The van der Waals surface area contributed by atoms with E-state index in [1.54, 1.807) is 49.4 Å². The Kier molecular flexibility index (Phi) is 8.24. The largest absolute Gasteiger partial charge is 0.497 e. The molecular formula is C25H29N3O6. The summed E-state index contributed by atoms with van der Waals surface area (Å²) in [6, 6.07) is 11.9. The number of rotatable bonds is 8. The fourth-order valence-corrected chi connectivity index (χ4v) is 4.02. The Hall–Kier alpha value is -3.88. The number of ether oxygens (including phenoxy) is 2. The van der Waals surface area contributed by atoms with Crippen LogP contribution in [0.4, 0.5) is 5.69 Å². The van der Waals surface area contributed by atoms with E-state index in [0.717, 1.165) is 18.4 Å². The van der Waals surface area contributed by atoms with Gasteiger partial charge in [0.1, 0.15) is 11.5 Å². The van der Waals surface area contributed by atoms with Gasteiger partial charge in [0.05, 0.1) is 37.3 Å². The van der Waals surface area contributed by atoms with Gasteiger partial charge in [0.2, 0.25) is 5.91 Å². The normalized spacial score (nSPS) is 18.0. The van der Waals surface area contributed by atoms with Crippen molar-refractivity contribution in [2.75, 3.05) is 19.5 Å². The molecule has 3 rings (SSSR count). The molecule has 0 bridgehead atoms. The Bertz CT molecular complexity index is 1080. The van der Waals surface area contributed by atoms with Gasteiger partial charge in [0, 0.05) is 5.69 Å². The highest BCUT2D eigenvalue weighted by atomic mass is 16.5. The maximum atomic E-state index is 12.6. The highest BCUT2D eigenvalue weighted by Gasteiger charge is 2.35. The van der Waals surface area contributed by atoms with Crippen LogP contribution in [-0.4, -0.2) is 42.8 Å². The number of nitrogens with zero attached hydrogens (tertiary/aromatic N) is 1. The second-order valence-electron chi connectivity index (χ2n) is 8.11. The predicted molar refractivity (Wildman–Crippen MR) is 127 cm³/mol. The third kappa shape index (κ3) is 5.92. The molecule has 0 aromatic heterocycles. The molecule has 2 amide bonds. The Morgan fingerprint density at radius 2 is 1.65 bits per heavy atom. The zero-order chi connectivity index (χ0) is 24.7. The molecule has 1 aliphatic rings. The number of carbonyl (C=O) groups is 3. The van der Waals surface area contributed by atoms with Gasteiger partial charge < -0.3 is 19.9 Å². The molecule has 0 saturated heterocycles. The number of amides is 2. The molecule has 0 heterocycles. The number of methoxy groups -OCH3 is 2. The zero-order valence-corrected chi connectivity index (χ0v) is 19.5. The summed E-state index contributed by atoms with van der Waals surface area (Å²) in [4.78, 5) is 36.7. The average Bonchev–Trinajstić information content (AvgIpc) is 2.86. The monoisotopic (exact) mass is 467 g/mol. The van der Waals surface area contributed by atoms with Crippen molar-refractivity contribution < 1.29 is 29.0 Å². The van der Waals surface area contributed by atoms with Gasteiger partial charge in [-0.2, -0.15) is 5.10 Å². The quantitative estimate of drug-likeness (QED) is 0.402. The van der Waals surface area contributed by atoms with Crippen LogP contribution in [0.5, 0.6) is 11.5 Å². The fourth-order valence-electron chi connectivity index (χ4n) is 4.02. The van der Waals surface area contributed by atoms with Crippen molar-refractivity contribution in [2.45, 2.75) is 32.6 Å². The van der Waals surface area contributed by atoms with E-state index in [9.17, 15) is 19.5 Å². The van der Waals surface area contributed by atoms with Crippen molar-refractivity contribution >= 4 is 29.2 Å². The van der Waals surface area contributed by atoms with E-state index < -0.39 is 23.7 Å². The van der Waals surface area contributed by atoms with Crippen LogP contribution in [0.15, 0.2) is 47.6 Å². The Balaban J connectivity index is 1.64. The minimum Gasteiger partial charge on any atom is -0.497 e. The standard InChI is InChI=1S/C25H29N3O6/c1-15(27-28-24(30)21-14-18(33-2)12-13-22(21)34-3)16-8-10-17(11-9-16)26-23(29)19-6-4-5-7-20(19)25(31)32/h8-14,19-20H,4-7H2,1-3H3,(H,26,29)(H,28,30)(H,31,32)/b27-15-/t19-,20+/m1/s1. The number of benzene rings is 2. The molecule has 0 radical (unpaired) electrons. The van der Waals surface area contributed by atoms with Gasteiger partial charge in [-0.1, -0.05) is 25.0 Å². The van der Waals surface area contributed by atoms with E-state index in [1.807, 2.05) is 0 Å². The van der Waals surface area contributed by atoms with Crippen molar-refractivity contribution in [3.63, 3.8) is 0 Å². The number of carboxylic acids is 1. The molecule has 2 aromatic carbocycles. The molecule has 9 nitrogen and oxygen atoms in total. The molecule has 180 valence electrons. The van der Waals surface area contributed by atoms with Crippen molar-refractivity contribution in [3.8, 4) is 11.5 Å². The first-order valence-electron chi connectivity index (χ1n) is 11.0. The van der Waals surface area contributed by atoms with Crippen molar-refractivity contribution in [1.82, 2.24) is 5.43 Å². The summed E-state index contributed by atoms with van der Waals surface area (Å²) < 4.78 is 10.4. The molecule has 0 aliphatic heterocycles. The van der Waals surface area contributed by atoms with Crippen LogP contribution in [0.25, 0.3) is 0 Å². The molecule has 34 heavy (non-hydrogen) atoms. The number of carbonyl (C=O) groups excluding carboxylic acids is 2. The molecule has 0 unspecified atom stereocenters. The van der Waals surface area contributed by atoms with Crippen LogP contribution in [0.1, 0.15) is 48.5 Å². The lowest BCUT2D eigenvalue weighted by Gasteiger charge is -2.27. The van der Waals surface area contributed by atoms with Gasteiger partial charge in [-0.25, -0.2) is 5.43 Å². The second-order valence-corrected chi connectivity index (χ2v) is 8.11. The summed E-state index contributed by atoms with van der Waals surface area (Å²) in [5, 5.41) is 16.4. The van der Waals surface area contributed by atoms with E-state index in [1.165, 1.54) is 14.2 Å². The van der Waals surface area contributed by atoms with Crippen molar-refractivity contribution in [1.29, 1.82) is 0 Å². The summed E-state index contributed by atoms with van der Waals surface area (Å²) in [5.41, 5.74) is 4.69. The first-order valence-corrected chi connectivity index (χ1v) is 11.0. The number of hydrogen-bond acceptors (Lipinski definition) is 6. The van der Waals surface area contributed by atoms with Gasteiger partial charge in [-0.05, 0) is 55.7 Å². The van der Waals surface area contributed by atoms with Crippen molar-refractivity contribution in [3.05, 3.63) is 53.6 Å². The van der Waals surface area contributed by atoms with E-state index in [-0.39, 0.29) is 5.91 Å². The Morgan fingerprint density at radius 3 is 2.26 bits per heavy atom.